The van der Waals surface area contributed by atoms with E-state index < -0.39 is 35.5 Å². The third-order valence-corrected chi connectivity index (χ3v) is 6.87. The first-order chi connectivity index (χ1) is 21.7. The lowest BCUT2D eigenvalue weighted by Gasteiger charge is -2.33. The number of imide groups is 1. The number of carbonyl (C=O) groups excluding carboxylic acids is 2. The third kappa shape index (κ3) is 8.02. The number of benzene rings is 1. The van der Waals surface area contributed by atoms with Crippen molar-refractivity contribution in [3.05, 3.63) is 59.2 Å². The molecule has 0 aliphatic carbocycles. The van der Waals surface area contributed by atoms with Crippen LogP contribution in [0.1, 0.15) is 89.3 Å². The number of rotatable bonds is 3. The van der Waals surface area contributed by atoms with Crippen molar-refractivity contribution in [1.82, 2.24) is 19.7 Å². The highest BCUT2D eigenvalue weighted by atomic mass is 19.4. The predicted molar refractivity (Wildman–Crippen MR) is 166 cm³/mol. The Labute approximate surface area is 266 Å². The molecule has 1 saturated heterocycles. The number of carbonyl (C=O) groups is 2. The van der Waals surface area contributed by atoms with Gasteiger partial charge in [-0.3, -0.25) is 4.79 Å². The monoisotopic (exact) mass is 644 g/mol. The second-order valence-electron chi connectivity index (χ2n) is 11.6. The lowest BCUT2D eigenvalue weighted by molar-refractivity contribution is -0.176. The molecule has 0 spiro atoms. The Morgan fingerprint density at radius 1 is 1.13 bits per heavy atom. The summed E-state index contributed by atoms with van der Waals surface area (Å²) in [5, 5.41) is 14.1. The number of fused-ring (bicyclic) bond motifs is 1. The average molecular weight is 645 g/mol. The Bertz CT molecular complexity index is 1590. The molecule has 9 nitrogen and oxygen atoms in total. The molecule has 13 heteroatoms. The Morgan fingerprint density at radius 2 is 1.80 bits per heavy atom. The molecule has 46 heavy (non-hydrogen) atoms. The Hall–Kier alpha value is -4.47. The fourth-order valence-corrected chi connectivity index (χ4v) is 5.01. The van der Waals surface area contributed by atoms with Crippen LogP contribution in [0, 0.1) is 23.1 Å². The number of ether oxygens (including phenoxy) is 1. The van der Waals surface area contributed by atoms with Gasteiger partial charge in [0.1, 0.15) is 11.4 Å². The molecule has 0 saturated carbocycles. The SMILES string of the molecule is CC.CC(C)(C)OC(=O)N1Cc2nc(-c3c(F)cccc3C#N)cc(-n3ccc(N4CCCC(C(F)(F)F)C4)n3)c2C1=O.CCC. The number of nitriles is 1. The van der Waals surface area contributed by atoms with E-state index >= 15 is 0 Å². The van der Waals surface area contributed by atoms with E-state index in [9.17, 15) is 32.4 Å². The summed E-state index contributed by atoms with van der Waals surface area (Å²) >= 11 is 0. The summed E-state index contributed by atoms with van der Waals surface area (Å²) in [6.45, 7) is 13.0. The van der Waals surface area contributed by atoms with Crippen LogP contribution < -0.4 is 4.90 Å². The smallest absolute Gasteiger partial charge is 0.417 e. The van der Waals surface area contributed by atoms with Crippen LogP contribution in [-0.4, -0.2) is 56.5 Å². The zero-order valence-electron chi connectivity index (χ0n) is 27.2. The van der Waals surface area contributed by atoms with Crippen LogP contribution in [0.2, 0.25) is 0 Å². The van der Waals surface area contributed by atoms with Gasteiger partial charge in [-0.2, -0.15) is 23.5 Å². The topological polar surface area (TPSA) is 104 Å². The Morgan fingerprint density at radius 3 is 2.41 bits per heavy atom. The number of piperidine rings is 1. The minimum atomic E-state index is -4.34. The van der Waals surface area contributed by atoms with Crippen LogP contribution in [0.25, 0.3) is 16.9 Å². The predicted octanol–water partition coefficient (Wildman–Crippen LogP) is 8.06. The highest BCUT2D eigenvalue weighted by molar-refractivity contribution is 6.08. The molecule has 1 atom stereocenters. The van der Waals surface area contributed by atoms with Gasteiger partial charge in [-0.05, 0) is 51.8 Å². The van der Waals surface area contributed by atoms with E-state index in [1.807, 2.05) is 19.9 Å². The molecule has 4 heterocycles. The van der Waals surface area contributed by atoms with Gasteiger partial charge in [0.2, 0.25) is 0 Å². The van der Waals surface area contributed by atoms with Crippen LogP contribution in [0.15, 0.2) is 36.5 Å². The van der Waals surface area contributed by atoms with E-state index in [-0.39, 0.29) is 59.1 Å². The zero-order chi connectivity index (χ0) is 34.4. The van der Waals surface area contributed by atoms with E-state index in [1.54, 1.807) is 20.8 Å². The molecule has 248 valence electrons. The zero-order valence-corrected chi connectivity index (χ0v) is 27.2. The average Bonchev–Trinajstić information content (AvgIpc) is 3.62. The fourth-order valence-electron chi connectivity index (χ4n) is 5.01. The van der Waals surface area contributed by atoms with E-state index in [0.717, 1.165) is 4.90 Å². The molecule has 2 aliphatic rings. The summed E-state index contributed by atoms with van der Waals surface area (Å²) in [5.74, 6) is -2.66. The van der Waals surface area contributed by atoms with Crippen molar-refractivity contribution in [2.75, 3.05) is 18.0 Å². The van der Waals surface area contributed by atoms with Gasteiger partial charge in [0.05, 0.1) is 52.3 Å². The molecule has 5 rings (SSSR count). The van der Waals surface area contributed by atoms with Gasteiger partial charge >= 0.3 is 12.3 Å². The van der Waals surface area contributed by atoms with Crippen LogP contribution in [0.3, 0.4) is 0 Å². The number of pyridine rings is 1. The summed E-state index contributed by atoms with van der Waals surface area (Å²) in [6, 6.07) is 8.81. The normalized spacial score (nSPS) is 16.0. The Kier molecular flexibility index (Phi) is 11.5. The number of aromatic nitrogens is 3. The number of hydrogen-bond acceptors (Lipinski definition) is 7. The largest absolute Gasteiger partial charge is 0.443 e. The van der Waals surface area contributed by atoms with Crippen molar-refractivity contribution in [2.45, 2.75) is 86.1 Å². The first-order valence-electron chi connectivity index (χ1n) is 15.3. The number of halogens is 4. The minimum absolute atomic E-state index is 0.00406. The van der Waals surface area contributed by atoms with E-state index in [4.69, 9.17) is 4.74 Å². The van der Waals surface area contributed by atoms with Crippen LogP contribution >= 0.6 is 0 Å². The van der Waals surface area contributed by atoms with Crippen molar-refractivity contribution in [1.29, 1.82) is 5.26 Å². The second-order valence-corrected chi connectivity index (χ2v) is 11.6. The molecular formula is C33H40F4N6O3. The molecule has 1 fully saturated rings. The van der Waals surface area contributed by atoms with Gasteiger partial charge in [-0.15, -0.1) is 0 Å². The first kappa shape index (κ1) is 36.0. The maximum atomic E-state index is 15.0. The van der Waals surface area contributed by atoms with Crippen LogP contribution in [0.5, 0.6) is 0 Å². The van der Waals surface area contributed by atoms with Gasteiger partial charge in [0.25, 0.3) is 5.91 Å². The number of nitrogens with zero attached hydrogens (tertiary/aromatic N) is 6. The molecule has 1 aromatic carbocycles. The molecule has 2 aliphatic heterocycles. The van der Waals surface area contributed by atoms with Gasteiger partial charge in [-0.25, -0.2) is 23.8 Å². The maximum Gasteiger partial charge on any atom is 0.417 e. The van der Waals surface area contributed by atoms with Crippen molar-refractivity contribution in [2.24, 2.45) is 5.92 Å². The fraction of sp³-hybridized carbons (Fsp3) is 0.485. The third-order valence-electron chi connectivity index (χ3n) is 6.87. The highest BCUT2D eigenvalue weighted by Gasteiger charge is 2.43. The molecule has 0 N–H and O–H groups in total. The lowest BCUT2D eigenvalue weighted by atomic mass is 9.97. The first-order valence-corrected chi connectivity index (χ1v) is 15.3. The number of amides is 2. The summed E-state index contributed by atoms with van der Waals surface area (Å²) in [4.78, 5) is 33.2. The Balaban J connectivity index is 0.00000109. The van der Waals surface area contributed by atoms with E-state index in [2.05, 4.69) is 23.9 Å². The lowest BCUT2D eigenvalue weighted by Crippen LogP contribution is -2.42. The van der Waals surface area contributed by atoms with Gasteiger partial charge in [-0.1, -0.05) is 40.2 Å². The molecule has 2 aromatic heterocycles. The van der Waals surface area contributed by atoms with E-state index in [1.165, 1.54) is 52.5 Å². The van der Waals surface area contributed by atoms with Gasteiger partial charge in [0, 0.05) is 25.4 Å². The molecular weight excluding hydrogens is 604 g/mol. The summed E-state index contributed by atoms with van der Waals surface area (Å²) in [7, 11) is 0. The quantitative estimate of drug-likeness (QED) is 0.266. The van der Waals surface area contributed by atoms with E-state index in [0.29, 0.717) is 13.0 Å². The molecule has 0 radical (unpaired) electrons. The molecule has 2 amide bonds. The van der Waals surface area contributed by atoms with Crippen molar-refractivity contribution in [3.63, 3.8) is 0 Å². The number of hydrogen-bond donors (Lipinski definition) is 0. The summed E-state index contributed by atoms with van der Waals surface area (Å²) < 4.78 is 61.9. The minimum Gasteiger partial charge on any atom is -0.443 e. The second kappa shape index (κ2) is 14.7. The number of alkyl halides is 3. The summed E-state index contributed by atoms with van der Waals surface area (Å²) in [6.07, 6.45) is -2.15. The van der Waals surface area contributed by atoms with Crippen molar-refractivity contribution >= 4 is 17.8 Å². The number of anilines is 1. The molecule has 1 unspecified atom stereocenters. The van der Waals surface area contributed by atoms with Gasteiger partial charge < -0.3 is 9.64 Å². The standard InChI is InChI=1S/C28H26F4N6O3.C3H8.C2H6/c1-27(2,3)41-26(40)37-15-20-24(25(37)39)21(12-19(34-20)23-16(13-33)6-4-8-18(23)29)38-11-9-22(35-38)36-10-5-7-17(14-36)28(30,31)32;1-3-2;1-2/h4,6,8-9,11-12,17H,5,7,10,14-15H2,1-3H3;3H2,1-2H3;1-2H3. The van der Waals surface area contributed by atoms with Gasteiger partial charge in [0.15, 0.2) is 5.82 Å². The van der Waals surface area contributed by atoms with Crippen molar-refractivity contribution in [3.8, 4) is 23.0 Å². The maximum absolute atomic E-state index is 15.0. The summed E-state index contributed by atoms with van der Waals surface area (Å²) in [5.41, 5.74) is -0.683. The van der Waals surface area contributed by atoms with Crippen LogP contribution in [-0.2, 0) is 11.3 Å². The highest BCUT2D eigenvalue weighted by Crippen LogP contribution is 2.36. The molecule has 0 bridgehead atoms. The van der Waals surface area contributed by atoms with Crippen LogP contribution in [0.4, 0.5) is 28.2 Å². The van der Waals surface area contributed by atoms with Crippen molar-refractivity contribution < 1.29 is 31.9 Å². The molecule has 3 aromatic rings.